The van der Waals surface area contributed by atoms with E-state index in [0.29, 0.717) is 11.6 Å². The minimum atomic E-state index is -3.87. The average Bonchev–Trinajstić information content (AvgIpc) is 2.37. The molecule has 0 aromatic heterocycles. The third-order valence-corrected chi connectivity index (χ3v) is 4.67. The minimum Gasteiger partial charge on any atom is -0.478 e. The third-order valence-electron chi connectivity index (χ3n) is 2.95. The fourth-order valence-corrected chi connectivity index (χ4v) is 3.39. The first-order valence-corrected chi connectivity index (χ1v) is 7.76. The van der Waals surface area contributed by atoms with Crippen molar-refractivity contribution in [3.63, 3.8) is 0 Å². The second kappa shape index (κ2) is 5.65. The highest BCUT2D eigenvalue weighted by Gasteiger charge is 2.21. The summed E-state index contributed by atoms with van der Waals surface area (Å²) in [6, 6.07) is 9.70. The zero-order chi connectivity index (χ0) is 15.6. The summed E-state index contributed by atoms with van der Waals surface area (Å²) in [6.45, 7) is 1.83. The number of hydrogen-bond donors (Lipinski definition) is 1. The molecule has 0 spiro atoms. The number of rotatable bonds is 4. The van der Waals surface area contributed by atoms with Crippen molar-refractivity contribution in [1.82, 2.24) is 0 Å². The van der Waals surface area contributed by atoms with E-state index in [1.54, 1.807) is 18.2 Å². The highest BCUT2D eigenvalue weighted by atomic mass is 32.2. The molecule has 0 atom stereocenters. The Kier molecular flexibility index (Phi) is 4.09. The van der Waals surface area contributed by atoms with Gasteiger partial charge in [-0.2, -0.15) is 0 Å². The first-order chi connectivity index (χ1) is 9.79. The van der Waals surface area contributed by atoms with Crippen LogP contribution in [0.1, 0.15) is 21.5 Å². The Morgan fingerprint density at radius 1 is 1.19 bits per heavy atom. The van der Waals surface area contributed by atoms with Crippen LogP contribution >= 0.6 is 0 Å². The molecular weight excluding hydrogens is 295 g/mol. The van der Waals surface area contributed by atoms with Gasteiger partial charge in [0.1, 0.15) is 10.7 Å². The Labute approximate surface area is 121 Å². The van der Waals surface area contributed by atoms with E-state index in [0.717, 1.165) is 17.7 Å². The van der Waals surface area contributed by atoms with Gasteiger partial charge in [-0.1, -0.05) is 29.8 Å². The van der Waals surface area contributed by atoms with Gasteiger partial charge in [-0.25, -0.2) is 17.6 Å². The molecule has 0 amide bonds. The monoisotopic (exact) mass is 308 g/mol. The SMILES string of the molecule is Cc1cccc(CS(=O)(=O)c2ccc(C(=O)O)cc2F)c1. The lowest BCUT2D eigenvalue weighted by Gasteiger charge is -2.07. The van der Waals surface area contributed by atoms with Gasteiger partial charge in [0.05, 0.1) is 11.3 Å². The van der Waals surface area contributed by atoms with Gasteiger partial charge in [-0.15, -0.1) is 0 Å². The van der Waals surface area contributed by atoms with Crippen molar-refractivity contribution in [1.29, 1.82) is 0 Å². The number of carboxylic acids is 1. The van der Waals surface area contributed by atoms with Crippen LogP contribution in [0.15, 0.2) is 47.4 Å². The molecule has 4 nitrogen and oxygen atoms in total. The van der Waals surface area contributed by atoms with E-state index in [1.807, 2.05) is 13.0 Å². The van der Waals surface area contributed by atoms with Crippen molar-refractivity contribution >= 4 is 15.8 Å². The van der Waals surface area contributed by atoms with E-state index in [9.17, 15) is 17.6 Å². The molecule has 0 heterocycles. The molecule has 0 saturated heterocycles. The number of sulfone groups is 1. The molecule has 0 bridgehead atoms. The Balaban J connectivity index is 2.38. The summed E-state index contributed by atoms with van der Waals surface area (Å²) in [4.78, 5) is 10.2. The Morgan fingerprint density at radius 3 is 2.48 bits per heavy atom. The van der Waals surface area contributed by atoms with E-state index < -0.39 is 26.5 Å². The van der Waals surface area contributed by atoms with E-state index in [-0.39, 0.29) is 11.3 Å². The summed E-state index contributed by atoms with van der Waals surface area (Å²) in [6.07, 6.45) is 0. The minimum absolute atomic E-state index is 0.290. The molecule has 2 aromatic carbocycles. The number of carbonyl (C=O) groups is 1. The molecule has 1 N–H and O–H groups in total. The molecule has 2 aromatic rings. The van der Waals surface area contributed by atoms with Crippen LogP contribution in [-0.2, 0) is 15.6 Å². The fourth-order valence-electron chi connectivity index (χ4n) is 1.99. The fraction of sp³-hybridized carbons (Fsp3) is 0.133. The maximum absolute atomic E-state index is 13.8. The van der Waals surface area contributed by atoms with Crippen molar-refractivity contribution in [2.45, 2.75) is 17.6 Å². The van der Waals surface area contributed by atoms with Crippen molar-refractivity contribution in [2.24, 2.45) is 0 Å². The number of aromatic carboxylic acids is 1. The van der Waals surface area contributed by atoms with Crippen LogP contribution < -0.4 is 0 Å². The third kappa shape index (κ3) is 3.46. The normalized spacial score (nSPS) is 11.3. The molecule has 0 aliphatic heterocycles. The van der Waals surface area contributed by atoms with Gasteiger partial charge in [0, 0.05) is 0 Å². The molecule has 0 aliphatic rings. The Hall–Kier alpha value is -2.21. The van der Waals surface area contributed by atoms with Gasteiger partial charge in [0.2, 0.25) is 0 Å². The number of hydrogen-bond acceptors (Lipinski definition) is 3. The van der Waals surface area contributed by atoms with Crippen molar-refractivity contribution in [2.75, 3.05) is 0 Å². The smallest absolute Gasteiger partial charge is 0.335 e. The molecule has 0 radical (unpaired) electrons. The van der Waals surface area contributed by atoms with Gasteiger partial charge in [-0.3, -0.25) is 0 Å². The second-order valence-electron chi connectivity index (χ2n) is 4.70. The van der Waals surface area contributed by atoms with E-state index in [4.69, 9.17) is 5.11 Å². The number of halogens is 1. The van der Waals surface area contributed by atoms with Gasteiger partial charge in [-0.05, 0) is 30.7 Å². The summed E-state index contributed by atoms with van der Waals surface area (Å²) in [5.74, 6) is -2.70. The van der Waals surface area contributed by atoms with Crippen molar-refractivity contribution in [3.05, 3.63) is 65.0 Å². The largest absolute Gasteiger partial charge is 0.478 e. The summed E-state index contributed by atoms with van der Waals surface area (Å²) < 4.78 is 38.3. The first-order valence-electron chi connectivity index (χ1n) is 6.11. The topological polar surface area (TPSA) is 71.4 Å². The zero-order valence-electron chi connectivity index (χ0n) is 11.2. The van der Waals surface area contributed by atoms with Gasteiger partial charge in [0.25, 0.3) is 0 Å². The lowest BCUT2D eigenvalue weighted by Crippen LogP contribution is -2.09. The standard InChI is InChI=1S/C15H13FO4S/c1-10-3-2-4-11(7-10)9-21(19,20)14-6-5-12(15(17)18)8-13(14)16/h2-8H,9H2,1H3,(H,17,18). The van der Waals surface area contributed by atoms with E-state index in [2.05, 4.69) is 0 Å². The first kappa shape index (κ1) is 15.2. The lowest BCUT2D eigenvalue weighted by molar-refractivity contribution is 0.0696. The van der Waals surface area contributed by atoms with Crippen LogP contribution in [0.3, 0.4) is 0 Å². The highest BCUT2D eigenvalue weighted by molar-refractivity contribution is 7.90. The summed E-state index contributed by atoms with van der Waals surface area (Å²) in [5, 5.41) is 8.75. The molecular formula is C15H13FO4S. The number of carboxylic acid groups (broad SMARTS) is 1. The van der Waals surface area contributed by atoms with Crippen LogP contribution in [0.5, 0.6) is 0 Å². The average molecular weight is 308 g/mol. The number of benzene rings is 2. The maximum Gasteiger partial charge on any atom is 0.335 e. The zero-order valence-corrected chi connectivity index (χ0v) is 12.0. The van der Waals surface area contributed by atoms with Crippen LogP contribution in [0, 0.1) is 12.7 Å². The van der Waals surface area contributed by atoms with Crippen LogP contribution in [0.4, 0.5) is 4.39 Å². The van der Waals surface area contributed by atoms with Crippen LogP contribution in [0.2, 0.25) is 0 Å². The van der Waals surface area contributed by atoms with E-state index in [1.165, 1.54) is 0 Å². The molecule has 0 fully saturated rings. The van der Waals surface area contributed by atoms with Gasteiger partial charge < -0.3 is 5.11 Å². The molecule has 110 valence electrons. The van der Waals surface area contributed by atoms with Gasteiger partial charge in [0.15, 0.2) is 9.84 Å². The Bertz CT molecular complexity index is 797. The molecule has 6 heteroatoms. The molecule has 0 aliphatic carbocycles. The maximum atomic E-state index is 13.8. The lowest BCUT2D eigenvalue weighted by atomic mass is 10.2. The molecule has 0 unspecified atom stereocenters. The summed E-state index contributed by atoms with van der Waals surface area (Å²) in [5.41, 5.74) is 1.17. The molecule has 2 rings (SSSR count). The quantitative estimate of drug-likeness (QED) is 0.942. The second-order valence-corrected chi connectivity index (χ2v) is 6.66. The number of aryl methyl sites for hydroxylation is 1. The van der Waals surface area contributed by atoms with Crippen LogP contribution in [-0.4, -0.2) is 19.5 Å². The molecule has 0 saturated carbocycles. The van der Waals surface area contributed by atoms with Crippen LogP contribution in [0.25, 0.3) is 0 Å². The van der Waals surface area contributed by atoms with E-state index >= 15 is 0 Å². The predicted octanol–water partition coefficient (Wildman–Crippen LogP) is 2.81. The van der Waals surface area contributed by atoms with Crippen molar-refractivity contribution < 1.29 is 22.7 Å². The Morgan fingerprint density at radius 2 is 1.90 bits per heavy atom. The highest BCUT2D eigenvalue weighted by Crippen LogP contribution is 2.21. The van der Waals surface area contributed by atoms with Crippen molar-refractivity contribution in [3.8, 4) is 0 Å². The summed E-state index contributed by atoms with van der Waals surface area (Å²) in [7, 11) is -3.87. The predicted molar refractivity (Wildman–Crippen MR) is 75.4 cm³/mol. The van der Waals surface area contributed by atoms with Gasteiger partial charge >= 0.3 is 5.97 Å². The molecule has 21 heavy (non-hydrogen) atoms. The summed E-state index contributed by atoms with van der Waals surface area (Å²) >= 11 is 0.